The molecule has 1 N–H and O–H groups in total. The lowest BCUT2D eigenvalue weighted by Crippen LogP contribution is -2.16. The molecule has 2 rings (SSSR count). The Morgan fingerprint density at radius 3 is 2.56 bits per heavy atom. The number of para-hydroxylation sites is 2. The van der Waals surface area contributed by atoms with Crippen LogP contribution in [-0.4, -0.2) is 20.0 Å². The lowest BCUT2D eigenvalue weighted by Gasteiger charge is -2.17. The predicted molar refractivity (Wildman–Crippen MR) is 75.1 cm³/mol. The average molecular weight is 309 g/mol. The van der Waals surface area contributed by atoms with Crippen LogP contribution < -0.4 is 10.2 Å². The molecule has 0 unspecified atom stereocenters. The summed E-state index contributed by atoms with van der Waals surface area (Å²) in [6.07, 6.45) is 0. The van der Waals surface area contributed by atoms with Crippen LogP contribution in [0.1, 0.15) is 10.6 Å². The van der Waals surface area contributed by atoms with Crippen molar-refractivity contribution in [3.63, 3.8) is 0 Å². The Balaban J connectivity index is 2.22. The zero-order chi connectivity index (χ0) is 13.1. The van der Waals surface area contributed by atoms with E-state index < -0.39 is 0 Å². The van der Waals surface area contributed by atoms with Crippen molar-refractivity contribution in [1.29, 1.82) is 0 Å². The predicted octanol–water partition coefficient (Wildman–Crippen LogP) is 3.36. The fraction of sp³-hybridized carbons (Fsp3) is 0.154. The van der Waals surface area contributed by atoms with Gasteiger partial charge in [0.15, 0.2) is 10.4 Å². The molecule has 0 saturated heterocycles. The molecule has 0 spiro atoms. The number of carbonyl (C=O) groups is 1. The maximum absolute atomic E-state index is 12.0. The van der Waals surface area contributed by atoms with Crippen molar-refractivity contribution in [2.75, 3.05) is 24.3 Å². The Morgan fingerprint density at radius 1 is 1.22 bits per heavy atom. The van der Waals surface area contributed by atoms with Crippen LogP contribution in [0.15, 0.2) is 45.5 Å². The fourth-order valence-electron chi connectivity index (χ4n) is 1.59. The molecule has 94 valence electrons. The summed E-state index contributed by atoms with van der Waals surface area (Å²) in [5.74, 6) is 0.00503. The average Bonchev–Trinajstić information content (AvgIpc) is 2.76. The second-order valence-electron chi connectivity index (χ2n) is 3.97. The lowest BCUT2D eigenvalue weighted by molar-refractivity contribution is 0.0995. The Hall–Kier alpha value is -1.75. The Morgan fingerprint density at radius 2 is 1.94 bits per heavy atom. The summed E-state index contributed by atoms with van der Waals surface area (Å²) >= 11 is 3.17. The van der Waals surface area contributed by atoms with Crippen LogP contribution >= 0.6 is 15.9 Å². The number of benzene rings is 1. The summed E-state index contributed by atoms with van der Waals surface area (Å²) in [4.78, 5) is 13.9. The van der Waals surface area contributed by atoms with Crippen LogP contribution in [0.25, 0.3) is 0 Å². The number of rotatable bonds is 3. The summed E-state index contributed by atoms with van der Waals surface area (Å²) in [5, 5.41) is 2.83. The molecule has 0 aliphatic rings. The van der Waals surface area contributed by atoms with Crippen molar-refractivity contribution in [3.8, 4) is 0 Å². The molecule has 0 radical (unpaired) electrons. The Kier molecular flexibility index (Phi) is 3.72. The molecule has 18 heavy (non-hydrogen) atoms. The van der Waals surface area contributed by atoms with E-state index in [0.717, 1.165) is 11.4 Å². The van der Waals surface area contributed by atoms with Gasteiger partial charge in [-0.1, -0.05) is 12.1 Å². The third-order valence-electron chi connectivity index (χ3n) is 2.43. The van der Waals surface area contributed by atoms with Gasteiger partial charge < -0.3 is 14.6 Å². The number of furan rings is 1. The van der Waals surface area contributed by atoms with E-state index in [1.165, 1.54) is 0 Å². The molecule has 1 heterocycles. The second-order valence-corrected chi connectivity index (χ2v) is 4.75. The number of nitrogens with zero attached hydrogens (tertiary/aromatic N) is 1. The van der Waals surface area contributed by atoms with E-state index in [1.807, 2.05) is 43.3 Å². The van der Waals surface area contributed by atoms with Crippen molar-refractivity contribution in [2.24, 2.45) is 0 Å². The van der Waals surface area contributed by atoms with Crippen molar-refractivity contribution < 1.29 is 9.21 Å². The summed E-state index contributed by atoms with van der Waals surface area (Å²) in [7, 11) is 3.85. The van der Waals surface area contributed by atoms with Gasteiger partial charge in [0.05, 0.1) is 11.4 Å². The summed E-state index contributed by atoms with van der Waals surface area (Å²) in [6.45, 7) is 0. The summed E-state index contributed by atoms with van der Waals surface area (Å²) in [6, 6.07) is 10.9. The fourth-order valence-corrected chi connectivity index (χ4v) is 1.90. The van der Waals surface area contributed by atoms with Crippen LogP contribution in [0.5, 0.6) is 0 Å². The van der Waals surface area contributed by atoms with Crippen molar-refractivity contribution >= 4 is 33.2 Å². The van der Waals surface area contributed by atoms with Gasteiger partial charge in [-0.15, -0.1) is 0 Å². The Bertz CT molecular complexity index is 564. The van der Waals surface area contributed by atoms with Crippen molar-refractivity contribution in [2.45, 2.75) is 0 Å². The second kappa shape index (κ2) is 5.27. The van der Waals surface area contributed by atoms with Gasteiger partial charge in [0, 0.05) is 14.1 Å². The molecule has 5 heteroatoms. The Labute approximate surface area is 114 Å². The summed E-state index contributed by atoms with van der Waals surface area (Å²) in [5.41, 5.74) is 1.69. The van der Waals surface area contributed by atoms with Gasteiger partial charge >= 0.3 is 0 Å². The minimum Gasteiger partial charge on any atom is -0.444 e. The largest absolute Gasteiger partial charge is 0.444 e. The molecule has 0 saturated carbocycles. The third-order valence-corrected chi connectivity index (χ3v) is 2.86. The van der Waals surface area contributed by atoms with Crippen LogP contribution in [0.4, 0.5) is 11.4 Å². The van der Waals surface area contributed by atoms with Gasteiger partial charge in [-0.3, -0.25) is 4.79 Å². The smallest absolute Gasteiger partial charge is 0.291 e. The minimum absolute atomic E-state index is 0.269. The number of nitrogens with one attached hydrogen (secondary N) is 1. The number of anilines is 2. The standard InChI is InChI=1S/C13H13BrN2O2/c1-16(2)10-6-4-3-5-9(10)15-13(17)11-7-8-12(14)18-11/h3-8H,1-2H3,(H,15,17). The van der Waals surface area contributed by atoms with E-state index in [1.54, 1.807) is 12.1 Å². The molecule has 0 aliphatic carbocycles. The number of hydrogen-bond donors (Lipinski definition) is 1. The van der Waals surface area contributed by atoms with Gasteiger partial charge in [-0.2, -0.15) is 0 Å². The molecule has 2 aromatic rings. The van der Waals surface area contributed by atoms with E-state index in [0.29, 0.717) is 4.67 Å². The normalized spacial score (nSPS) is 10.2. The summed E-state index contributed by atoms with van der Waals surface area (Å²) < 4.78 is 5.74. The topological polar surface area (TPSA) is 45.5 Å². The van der Waals surface area contributed by atoms with Crippen molar-refractivity contribution in [1.82, 2.24) is 0 Å². The van der Waals surface area contributed by atoms with Crippen molar-refractivity contribution in [3.05, 3.63) is 46.8 Å². The van der Waals surface area contributed by atoms with Crippen LogP contribution in [0, 0.1) is 0 Å². The highest BCUT2D eigenvalue weighted by Crippen LogP contribution is 2.24. The molecule has 4 nitrogen and oxygen atoms in total. The molecule has 1 amide bonds. The number of hydrogen-bond acceptors (Lipinski definition) is 3. The monoisotopic (exact) mass is 308 g/mol. The third kappa shape index (κ3) is 2.73. The maximum Gasteiger partial charge on any atom is 0.291 e. The van der Waals surface area contributed by atoms with Gasteiger partial charge in [0.2, 0.25) is 0 Å². The van der Waals surface area contributed by atoms with E-state index in [-0.39, 0.29) is 11.7 Å². The zero-order valence-electron chi connectivity index (χ0n) is 10.1. The molecular formula is C13H13BrN2O2. The number of carbonyl (C=O) groups excluding carboxylic acids is 1. The first-order valence-corrected chi connectivity index (χ1v) is 6.20. The minimum atomic E-state index is -0.269. The first-order chi connectivity index (χ1) is 8.58. The van der Waals surface area contributed by atoms with E-state index in [4.69, 9.17) is 4.42 Å². The maximum atomic E-state index is 12.0. The van der Waals surface area contributed by atoms with Gasteiger partial charge in [0.1, 0.15) is 0 Å². The first-order valence-electron chi connectivity index (χ1n) is 5.41. The van der Waals surface area contributed by atoms with Gasteiger partial charge in [0.25, 0.3) is 5.91 Å². The molecule has 0 bridgehead atoms. The molecule has 1 aromatic heterocycles. The molecule has 0 aliphatic heterocycles. The van der Waals surface area contributed by atoms with Gasteiger partial charge in [-0.05, 0) is 40.2 Å². The van der Waals surface area contributed by atoms with Crippen LogP contribution in [0.3, 0.4) is 0 Å². The molecule has 0 fully saturated rings. The molecular weight excluding hydrogens is 296 g/mol. The number of halogens is 1. The van der Waals surface area contributed by atoms with Gasteiger partial charge in [-0.25, -0.2) is 0 Å². The van der Waals surface area contributed by atoms with E-state index in [2.05, 4.69) is 21.2 Å². The van der Waals surface area contributed by atoms with E-state index in [9.17, 15) is 4.79 Å². The highest BCUT2D eigenvalue weighted by molar-refractivity contribution is 9.10. The van der Waals surface area contributed by atoms with Crippen LogP contribution in [0.2, 0.25) is 0 Å². The first kappa shape index (κ1) is 12.7. The zero-order valence-corrected chi connectivity index (χ0v) is 11.7. The quantitative estimate of drug-likeness (QED) is 0.945. The SMILES string of the molecule is CN(C)c1ccccc1NC(=O)c1ccc(Br)o1. The highest BCUT2D eigenvalue weighted by Gasteiger charge is 2.13. The number of amides is 1. The molecule has 1 aromatic carbocycles. The van der Waals surface area contributed by atoms with E-state index >= 15 is 0 Å². The molecule has 0 atom stereocenters. The lowest BCUT2D eigenvalue weighted by atomic mass is 10.2. The highest BCUT2D eigenvalue weighted by atomic mass is 79.9. The van der Waals surface area contributed by atoms with Crippen LogP contribution in [-0.2, 0) is 0 Å².